The van der Waals surface area contributed by atoms with Crippen LogP contribution in [0.1, 0.15) is 19.8 Å². The quantitative estimate of drug-likeness (QED) is 0.474. The number of rotatable bonds is 2. The number of alkyl halides is 1. The molecule has 0 radical (unpaired) electrons. The van der Waals surface area contributed by atoms with Gasteiger partial charge < -0.3 is 5.32 Å². The van der Waals surface area contributed by atoms with Crippen molar-refractivity contribution >= 4 is 22.6 Å². The van der Waals surface area contributed by atoms with Gasteiger partial charge in [-0.25, -0.2) is 0 Å². The molecular weight excluding hydrogens is 277 g/mol. The number of piperidine rings is 1. The minimum atomic E-state index is 0.0985. The number of halogens is 1. The fourth-order valence-corrected chi connectivity index (χ4v) is 2.22. The van der Waals surface area contributed by atoms with Crippen LogP contribution in [-0.2, 0) is 0 Å². The number of hydrogen-bond acceptors (Lipinski definition) is 3. The highest BCUT2D eigenvalue weighted by Crippen LogP contribution is 2.16. The molecule has 1 N–H and O–H groups in total. The van der Waals surface area contributed by atoms with Crippen LogP contribution in [0, 0.1) is 11.3 Å². The number of nitriles is 1. The summed E-state index contributed by atoms with van der Waals surface area (Å²) in [6.45, 7) is 3.17. The molecule has 2 unspecified atom stereocenters. The predicted molar refractivity (Wildman–Crippen MR) is 61.7 cm³/mol. The van der Waals surface area contributed by atoms with E-state index in [-0.39, 0.29) is 6.04 Å². The van der Waals surface area contributed by atoms with Crippen LogP contribution in [0.5, 0.6) is 0 Å². The molecule has 0 aromatic carbocycles. The molecule has 0 spiro atoms. The molecule has 13 heavy (non-hydrogen) atoms. The summed E-state index contributed by atoms with van der Waals surface area (Å²) in [4.78, 5) is 2.13. The molecule has 1 fully saturated rings. The molecule has 0 amide bonds. The Bertz CT molecular complexity index is 200. The summed E-state index contributed by atoms with van der Waals surface area (Å²) in [6, 6.07) is 2.96. The fourth-order valence-electron chi connectivity index (χ4n) is 1.71. The van der Waals surface area contributed by atoms with Gasteiger partial charge in [0, 0.05) is 12.6 Å². The molecule has 4 heteroatoms. The van der Waals surface area contributed by atoms with E-state index in [1.807, 2.05) is 7.05 Å². The highest BCUT2D eigenvalue weighted by Gasteiger charge is 2.25. The van der Waals surface area contributed by atoms with Crippen molar-refractivity contribution in [2.24, 2.45) is 0 Å². The molecule has 1 aliphatic rings. The van der Waals surface area contributed by atoms with Crippen LogP contribution in [0.25, 0.3) is 0 Å². The maximum Gasteiger partial charge on any atom is 0.0990 e. The van der Waals surface area contributed by atoms with E-state index >= 15 is 0 Å². The van der Waals surface area contributed by atoms with Gasteiger partial charge in [-0.15, -0.1) is 0 Å². The monoisotopic (exact) mass is 293 g/mol. The number of hydrogen-bond donors (Lipinski definition) is 1. The number of nitrogens with zero attached hydrogens (tertiary/aromatic N) is 2. The van der Waals surface area contributed by atoms with Gasteiger partial charge in [0.25, 0.3) is 0 Å². The van der Waals surface area contributed by atoms with Crippen LogP contribution >= 0.6 is 22.6 Å². The Hall–Kier alpha value is 0.140. The normalized spacial score (nSPS) is 32.5. The first kappa shape index (κ1) is 11.2. The maximum absolute atomic E-state index is 8.89. The first-order valence-electron chi connectivity index (χ1n) is 4.63. The van der Waals surface area contributed by atoms with Crippen LogP contribution in [0.2, 0.25) is 0 Å². The second-order valence-corrected chi connectivity index (χ2v) is 5.50. The minimum Gasteiger partial charge on any atom is -0.303 e. The molecule has 1 aliphatic heterocycles. The van der Waals surface area contributed by atoms with Gasteiger partial charge in [-0.1, -0.05) is 22.6 Å². The van der Waals surface area contributed by atoms with Gasteiger partial charge in [-0.05, 0) is 26.8 Å². The first-order valence-corrected chi connectivity index (χ1v) is 5.88. The van der Waals surface area contributed by atoms with Crippen LogP contribution in [0.4, 0.5) is 0 Å². The standard InChI is InChI=1S/C9H16IN3/c1-7(10)12-8-3-4-13(2)9(5-8)6-11/h7-9,12H,3-5H2,1-2H3/t7?,8?,9-/m1/s1. The predicted octanol–water partition coefficient (Wildman–Crippen LogP) is 1.34. The lowest BCUT2D eigenvalue weighted by atomic mass is 9.99. The average Bonchev–Trinajstić information content (AvgIpc) is 2.07. The highest BCUT2D eigenvalue weighted by molar-refractivity contribution is 14.1. The number of nitrogens with one attached hydrogen (secondary N) is 1. The summed E-state index contributed by atoms with van der Waals surface area (Å²) in [5.41, 5.74) is 0. The molecule has 0 aromatic heterocycles. The zero-order valence-electron chi connectivity index (χ0n) is 8.13. The molecule has 1 heterocycles. The van der Waals surface area contributed by atoms with Gasteiger partial charge in [-0.2, -0.15) is 5.26 Å². The van der Waals surface area contributed by atoms with E-state index in [1.54, 1.807) is 0 Å². The van der Waals surface area contributed by atoms with Crippen molar-refractivity contribution in [3.63, 3.8) is 0 Å². The zero-order chi connectivity index (χ0) is 9.84. The Morgan fingerprint density at radius 3 is 2.92 bits per heavy atom. The summed E-state index contributed by atoms with van der Waals surface area (Å²) in [5, 5.41) is 12.4. The molecular formula is C9H16IN3. The SMILES string of the molecule is CC(I)NC1CCN(C)[C@@H](C#N)C1. The summed E-state index contributed by atoms with van der Waals surface area (Å²) in [6.07, 6.45) is 2.11. The Kier molecular flexibility index (Phi) is 4.42. The molecule has 0 aromatic rings. The topological polar surface area (TPSA) is 39.1 Å². The van der Waals surface area contributed by atoms with Crippen molar-refractivity contribution in [3.8, 4) is 6.07 Å². The molecule has 3 atom stereocenters. The van der Waals surface area contributed by atoms with Gasteiger partial charge in [0.05, 0.1) is 16.2 Å². The lowest BCUT2D eigenvalue weighted by Crippen LogP contribution is -2.47. The second kappa shape index (κ2) is 5.13. The van der Waals surface area contributed by atoms with Crippen LogP contribution < -0.4 is 5.32 Å². The van der Waals surface area contributed by atoms with Gasteiger partial charge in [0.15, 0.2) is 0 Å². The third-order valence-electron chi connectivity index (χ3n) is 2.48. The number of likely N-dealkylation sites (tertiary alicyclic amines) is 1. The molecule has 74 valence electrons. The van der Waals surface area contributed by atoms with Crippen molar-refractivity contribution in [3.05, 3.63) is 0 Å². The van der Waals surface area contributed by atoms with E-state index in [1.165, 1.54) is 0 Å². The van der Waals surface area contributed by atoms with Gasteiger partial charge in [0.1, 0.15) is 0 Å². The third kappa shape index (κ3) is 3.41. The summed E-state index contributed by atoms with van der Waals surface area (Å²) < 4.78 is 0.491. The van der Waals surface area contributed by atoms with Crippen molar-refractivity contribution < 1.29 is 0 Å². The zero-order valence-corrected chi connectivity index (χ0v) is 10.3. The van der Waals surface area contributed by atoms with Crippen LogP contribution in [0.15, 0.2) is 0 Å². The fraction of sp³-hybridized carbons (Fsp3) is 0.889. The highest BCUT2D eigenvalue weighted by atomic mass is 127. The van der Waals surface area contributed by atoms with Crippen molar-refractivity contribution in [1.82, 2.24) is 10.2 Å². The summed E-state index contributed by atoms with van der Waals surface area (Å²) >= 11 is 2.36. The van der Waals surface area contributed by atoms with E-state index in [0.29, 0.717) is 10.1 Å². The van der Waals surface area contributed by atoms with Gasteiger partial charge in [-0.3, -0.25) is 4.90 Å². The summed E-state index contributed by atoms with van der Waals surface area (Å²) in [5.74, 6) is 0. The molecule has 1 rings (SSSR count). The molecule has 1 saturated heterocycles. The summed E-state index contributed by atoms with van der Waals surface area (Å²) in [7, 11) is 2.03. The maximum atomic E-state index is 8.89. The lowest BCUT2D eigenvalue weighted by Gasteiger charge is -2.34. The molecule has 0 saturated carbocycles. The van der Waals surface area contributed by atoms with E-state index in [4.69, 9.17) is 5.26 Å². The van der Waals surface area contributed by atoms with E-state index in [9.17, 15) is 0 Å². The van der Waals surface area contributed by atoms with E-state index in [2.05, 4.69) is 45.8 Å². The lowest BCUT2D eigenvalue weighted by molar-refractivity contribution is 0.192. The van der Waals surface area contributed by atoms with Crippen LogP contribution in [0.3, 0.4) is 0 Å². The molecule has 3 nitrogen and oxygen atoms in total. The van der Waals surface area contributed by atoms with Crippen molar-refractivity contribution in [1.29, 1.82) is 5.26 Å². The van der Waals surface area contributed by atoms with Gasteiger partial charge >= 0.3 is 0 Å². The van der Waals surface area contributed by atoms with Crippen molar-refractivity contribution in [2.75, 3.05) is 13.6 Å². The van der Waals surface area contributed by atoms with Gasteiger partial charge in [0.2, 0.25) is 0 Å². The smallest absolute Gasteiger partial charge is 0.0990 e. The second-order valence-electron chi connectivity index (χ2n) is 3.63. The Labute approximate surface area is 93.6 Å². The van der Waals surface area contributed by atoms with E-state index < -0.39 is 0 Å². The third-order valence-corrected chi connectivity index (χ3v) is 2.84. The first-order chi connectivity index (χ1) is 6.13. The van der Waals surface area contributed by atoms with Crippen LogP contribution in [-0.4, -0.2) is 34.6 Å². The minimum absolute atomic E-state index is 0.0985. The largest absolute Gasteiger partial charge is 0.303 e. The average molecular weight is 293 g/mol. The molecule has 0 aliphatic carbocycles. The Balaban J connectivity index is 2.41. The Morgan fingerprint density at radius 2 is 2.38 bits per heavy atom. The van der Waals surface area contributed by atoms with E-state index in [0.717, 1.165) is 19.4 Å². The van der Waals surface area contributed by atoms with Crippen molar-refractivity contribution in [2.45, 2.75) is 35.9 Å². The molecule has 0 bridgehead atoms. The Morgan fingerprint density at radius 1 is 1.69 bits per heavy atom.